The maximum atomic E-state index is 11.6. The SMILES string of the molecule is CC(C)(C)C(Cc1cc(Cl)ccc1Nc1cn[nH]n1)C(=O)O. The molecule has 0 spiro atoms. The van der Waals surface area contributed by atoms with E-state index in [2.05, 4.69) is 20.7 Å². The summed E-state index contributed by atoms with van der Waals surface area (Å²) in [5, 5.41) is 23.4. The van der Waals surface area contributed by atoms with Gasteiger partial charge in [0.1, 0.15) is 0 Å². The first-order valence-electron chi connectivity index (χ1n) is 6.91. The number of anilines is 2. The molecule has 1 aromatic heterocycles. The van der Waals surface area contributed by atoms with Crippen LogP contribution in [0.1, 0.15) is 26.3 Å². The highest BCUT2D eigenvalue weighted by Gasteiger charge is 2.31. The van der Waals surface area contributed by atoms with Crippen molar-refractivity contribution < 1.29 is 9.90 Å². The minimum Gasteiger partial charge on any atom is -0.481 e. The average Bonchev–Trinajstić information content (AvgIpc) is 2.90. The molecule has 0 saturated carbocycles. The number of aliphatic carboxylic acids is 1. The molecule has 1 atom stereocenters. The number of hydrogen-bond donors (Lipinski definition) is 3. The quantitative estimate of drug-likeness (QED) is 0.783. The number of aromatic amines is 1. The number of carbonyl (C=O) groups is 1. The maximum absolute atomic E-state index is 11.6. The van der Waals surface area contributed by atoms with Gasteiger partial charge in [0.2, 0.25) is 0 Å². The number of carboxylic acid groups (broad SMARTS) is 1. The molecule has 1 heterocycles. The average molecular weight is 323 g/mol. The minimum absolute atomic E-state index is 0.362. The van der Waals surface area contributed by atoms with E-state index in [1.54, 1.807) is 18.3 Å². The normalized spacial score (nSPS) is 12.9. The van der Waals surface area contributed by atoms with Crippen LogP contribution in [0.4, 0.5) is 11.5 Å². The highest BCUT2D eigenvalue weighted by Crippen LogP contribution is 2.33. The molecule has 0 bridgehead atoms. The summed E-state index contributed by atoms with van der Waals surface area (Å²) in [5.74, 6) is -0.783. The Morgan fingerprint density at radius 3 is 2.73 bits per heavy atom. The molecule has 1 unspecified atom stereocenters. The number of carboxylic acids is 1. The van der Waals surface area contributed by atoms with E-state index in [4.69, 9.17) is 11.6 Å². The van der Waals surface area contributed by atoms with Crippen molar-refractivity contribution in [2.45, 2.75) is 27.2 Å². The molecular weight excluding hydrogens is 304 g/mol. The zero-order valence-electron chi connectivity index (χ0n) is 12.7. The van der Waals surface area contributed by atoms with Crippen molar-refractivity contribution in [1.29, 1.82) is 0 Å². The fourth-order valence-corrected chi connectivity index (χ4v) is 2.43. The van der Waals surface area contributed by atoms with Crippen LogP contribution in [0.5, 0.6) is 0 Å². The van der Waals surface area contributed by atoms with Crippen LogP contribution in [0, 0.1) is 11.3 Å². The van der Waals surface area contributed by atoms with Crippen LogP contribution >= 0.6 is 11.6 Å². The first-order chi connectivity index (χ1) is 10.3. The van der Waals surface area contributed by atoms with E-state index in [-0.39, 0.29) is 5.41 Å². The second-order valence-electron chi connectivity index (χ2n) is 6.24. The van der Waals surface area contributed by atoms with Crippen LogP contribution in [0.2, 0.25) is 5.02 Å². The van der Waals surface area contributed by atoms with E-state index >= 15 is 0 Å². The van der Waals surface area contributed by atoms with Gasteiger partial charge in [-0.2, -0.15) is 10.3 Å². The number of hydrogen-bond acceptors (Lipinski definition) is 4. The summed E-state index contributed by atoms with van der Waals surface area (Å²) in [7, 11) is 0. The molecule has 3 N–H and O–H groups in total. The Labute approximate surface area is 133 Å². The smallest absolute Gasteiger partial charge is 0.307 e. The van der Waals surface area contributed by atoms with Gasteiger partial charge in [-0.1, -0.05) is 32.4 Å². The fraction of sp³-hybridized carbons (Fsp3) is 0.400. The number of aromatic nitrogens is 3. The molecule has 2 rings (SSSR count). The van der Waals surface area contributed by atoms with Gasteiger partial charge in [0.25, 0.3) is 0 Å². The third-order valence-electron chi connectivity index (χ3n) is 3.51. The Bertz CT molecular complexity index is 650. The summed E-state index contributed by atoms with van der Waals surface area (Å²) in [6, 6.07) is 5.35. The largest absolute Gasteiger partial charge is 0.481 e. The van der Waals surface area contributed by atoms with E-state index < -0.39 is 11.9 Å². The number of H-pyrrole nitrogens is 1. The van der Waals surface area contributed by atoms with Gasteiger partial charge in [0.05, 0.1) is 12.1 Å². The van der Waals surface area contributed by atoms with E-state index in [1.807, 2.05) is 26.8 Å². The van der Waals surface area contributed by atoms with Crippen LogP contribution < -0.4 is 5.32 Å². The summed E-state index contributed by atoms with van der Waals surface area (Å²) >= 11 is 6.07. The number of nitrogens with one attached hydrogen (secondary N) is 2. The number of halogens is 1. The Morgan fingerprint density at radius 1 is 1.45 bits per heavy atom. The van der Waals surface area contributed by atoms with Crippen molar-refractivity contribution in [3.63, 3.8) is 0 Å². The number of benzene rings is 1. The first-order valence-corrected chi connectivity index (χ1v) is 7.29. The molecule has 0 radical (unpaired) electrons. The Balaban J connectivity index is 2.32. The van der Waals surface area contributed by atoms with Gasteiger partial charge < -0.3 is 10.4 Å². The minimum atomic E-state index is -0.820. The third-order valence-corrected chi connectivity index (χ3v) is 3.75. The van der Waals surface area contributed by atoms with E-state index in [0.29, 0.717) is 17.3 Å². The topological polar surface area (TPSA) is 90.9 Å². The summed E-state index contributed by atoms with van der Waals surface area (Å²) in [6.45, 7) is 5.75. The van der Waals surface area contributed by atoms with Gasteiger partial charge in [0, 0.05) is 10.7 Å². The van der Waals surface area contributed by atoms with Crippen LogP contribution in [0.15, 0.2) is 24.4 Å². The molecule has 118 valence electrons. The molecule has 1 aromatic carbocycles. The van der Waals surface area contributed by atoms with Crippen molar-refractivity contribution in [3.05, 3.63) is 35.0 Å². The van der Waals surface area contributed by atoms with Gasteiger partial charge in [-0.25, -0.2) is 0 Å². The Hall–Kier alpha value is -2.08. The van der Waals surface area contributed by atoms with Crippen molar-refractivity contribution in [2.24, 2.45) is 11.3 Å². The molecule has 0 amide bonds. The standard InChI is InChI=1S/C15H19ClN4O2/c1-15(2,3)11(14(21)22)7-9-6-10(16)4-5-12(9)18-13-8-17-20-19-13/h4-6,8,11H,7H2,1-3H3,(H,21,22)(H2,17,18,19,20). The van der Waals surface area contributed by atoms with Gasteiger partial charge in [0.15, 0.2) is 5.82 Å². The predicted molar refractivity (Wildman–Crippen MR) is 85.4 cm³/mol. The highest BCUT2D eigenvalue weighted by atomic mass is 35.5. The highest BCUT2D eigenvalue weighted by molar-refractivity contribution is 6.30. The zero-order chi connectivity index (χ0) is 16.3. The molecule has 2 aromatic rings. The molecule has 0 saturated heterocycles. The van der Waals surface area contributed by atoms with Crippen molar-refractivity contribution >= 4 is 29.1 Å². The van der Waals surface area contributed by atoms with E-state index in [0.717, 1.165) is 11.3 Å². The Morgan fingerprint density at radius 2 is 2.18 bits per heavy atom. The molecule has 0 fully saturated rings. The summed E-state index contributed by atoms with van der Waals surface area (Å²) in [4.78, 5) is 11.6. The van der Waals surface area contributed by atoms with Gasteiger partial charge >= 0.3 is 5.97 Å². The second-order valence-corrected chi connectivity index (χ2v) is 6.68. The van der Waals surface area contributed by atoms with Gasteiger partial charge in [-0.3, -0.25) is 4.79 Å². The lowest BCUT2D eigenvalue weighted by molar-refractivity contribution is -0.145. The number of rotatable bonds is 5. The van der Waals surface area contributed by atoms with Crippen LogP contribution in [0.25, 0.3) is 0 Å². The molecule has 7 heteroatoms. The fourth-order valence-electron chi connectivity index (χ4n) is 2.24. The first kappa shape index (κ1) is 16.3. The van der Waals surface area contributed by atoms with Crippen molar-refractivity contribution in [3.8, 4) is 0 Å². The molecule has 0 aliphatic rings. The zero-order valence-corrected chi connectivity index (χ0v) is 13.5. The van der Waals surface area contributed by atoms with Crippen LogP contribution in [-0.4, -0.2) is 26.5 Å². The third kappa shape index (κ3) is 3.98. The molecule has 0 aliphatic heterocycles. The lowest BCUT2D eigenvalue weighted by Crippen LogP contribution is -2.30. The lowest BCUT2D eigenvalue weighted by atomic mass is 9.77. The van der Waals surface area contributed by atoms with E-state index in [9.17, 15) is 9.90 Å². The second kappa shape index (κ2) is 6.36. The summed E-state index contributed by atoms with van der Waals surface area (Å²) in [5.41, 5.74) is 1.24. The lowest BCUT2D eigenvalue weighted by Gasteiger charge is -2.27. The van der Waals surface area contributed by atoms with E-state index in [1.165, 1.54) is 0 Å². The molecule has 22 heavy (non-hydrogen) atoms. The summed E-state index contributed by atoms with van der Waals surface area (Å²) in [6.07, 6.45) is 1.93. The van der Waals surface area contributed by atoms with Crippen LogP contribution in [-0.2, 0) is 11.2 Å². The maximum Gasteiger partial charge on any atom is 0.307 e. The van der Waals surface area contributed by atoms with Crippen molar-refractivity contribution in [2.75, 3.05) is 5.32 Å². The van der Waals surface area contributed by atoms with Gasteiger partial charge in [-0.05, 0) is 35.6 Å². The van der Waals surface area contributed by atoms with Crippen molar-refractivity contribution in [1.82, 2.24) is 15.4 Å². The molecular formula is C15H19ClN4O2. The molecule has 0 aliphatic carbocycles. The van der Waals surface area contributed by atoms with Crippen LogP contribution in [0.3, 0.4) is 0 Å². The number of nitrogens with zero attached hydrogens (tertiary/aromatic N) is 2. The Kier molecular flexibility index (Phi) is 4.71. The predicted octanol–water partition coefficient (Wildman–Crippen LogP) is 3.49. The van der Waals surface area contributed by atoms with Gasteiger partial charge in [-0.15, -0.1) is 5.10 Å². The molecule has 6 nitrogen and oxygen atoms in total. The monoisotopic (exact) mass is 322 g/mol. The summed E-state index contributed by atoms with van der Waals surface area (Å²) < 4.78 is 0.